The number of nitrogens with one attached hydrogen (secondary N) is 2. The molecule has 1 aromatic carbocycles. The molecule has 1 heterocycles. The van der Waals surface area contributed by atoms with Crippen molar-refractivity contribution < 1.29 is 8.42 Å². The van der Waals surface area contributed by atoms with E-state index in [1.54, 1.807) is 6.07 Å². The van der Waals surface area contributed by atoms with Crippen LogP contribution in [0, 0.1) is 19.3 Å². The van der Waals surface area contributed by atoms with Crippen molar-refractivity contribution in [2.24, 2.45) is 5.41 Å². The van der Waals surface area contributed by atoms with Crippen LogP contribution in [0.1, 0.15) is 37.8 Å². The van der Waals surface area contributed by atoms with Gasteiger partial charge in [0.05, 0.1) is 4.90 Å². The molecule has 0 bridgehead atoms. The Morgan fingerprint density at radius 3 is 2.59 bits per heavy atom. The van der Waals surface area contributed by atoms with Gasteiger partial charge in [0.25, 0.3) is 0 Å². The molecule has 0 radical (unpaired) electrons. The summed E-state index contributed by atoms with van der Waals surface area (Å²) in [5, 5.41) is 3.43. The molecule has 1 aliphatic rings. The first-order valence-corrected chi connectivity index (χ1v) is 9.01. The minimum Gasteiger partial charge on any atom is -0.312 e. The minimum absolute atomic E-state index is 0. The van der Waals surface area contributed by atoms with Gasteiger partial charge in [0.1, 0.15) is 0 Å². The Morgan fingerprint density at radius 2 is 2.00 bits per heavy atom. The lowest BCUT2D eigenvalue weighted by molar-refractivity contribution is 0.181. The quantitative estimate of drug-likeness (QED) is 0.881. The van der Waals surface area contributed by atoms with Gasteiger partial charge in [0, 0.05) is 12.6 Å². The van der Waals surface area contributed by atoms with Crippen molar-refractivity contribution in [2.45, 2.75) is 51.5 Å². The zero-order chi connectivity index (χ0) is 15.7. The van der Waals surface area contributed by atoms with E-state index in [0.29, 0.717) is 11.4 Å². The zero-order valence-corrected chi connectivity index (χ0v) is 15.4. The number of rotatable bonds is 4. The number of hydrogen-bond donors (Lipinski definition) is 2. The SMILES string of the molecule is Cc1ccc(S(=O)(=O)NCC2NCCCC2(C)C)c(C)c1.Cl. The molecule has 2 N–H and O–H groups in total. The fourth-order valence-electron chi connectivity index (χ4n) is 2.99. The maximum Gasteiger partial charge on any atom is 0.240 e. The van der Waals surface area contributed by atoms with Gasteiger partial charge in [-0.1, -0.05) is 31.5 Å². The molecule has 1 aromatic rings. The first-order chi connectivity index (χ1) is 9.72. The zero-order valence-electron chi connectivity index (χ0n) is 13.8. The highest BCUT2D eigenvalue weighted by Gasteiger charge is 2.32. The number of halogens is 1. The maximum atomic E-state index is 12.5. The summed E-state index contributed by atoms with van der Waals surface area (Å²) in [6.07, 6.45) is 2.27. The number of piperidine rings is 1. The Kier molecular flexibility index (Phi) is 6.45. The van der Waals surface area contributed by atoms with Crippen LogP contribution < -0.4 is 10.0 Å². The summed E-state index contributed by atoms with van der Waals surface area (Å²) in [6, 6.07) is 5.60. The summed E-state index contributed by atoms with van der Waals surface area (Å²) < 4.78 is 27.7. The van der Waals surface area contributed by atoms with Gasteiger partial charge >= 0.3 is 0 Å². The van der Waals surface area contributed by atoms with Crippen molar-refractivity contribution in [3.05, 3.63) is 29.3 Å². The molecule has 1 saturated heterocycles. The Balaban J connectivity index is 0.00000242. The fraction of sp³-hybridized carbons (Fsp3) is 0.625. The fourth-order valence-corrected chi connectivity index (χ4v) is 4.26. The highest BCUT2D eigenvalue weighted by Crippen LogP contribution is 2.30. The molecule has 1 atom stereocenters. The number of hydrogen-bond acceptors (Lipinski definition) is 3. The lowest BCUT2D eigenvalue weighted by Crippen LogP contribution is -2.52. The molecule has 2 rings (SSSR count). The van der Waals surface area contributed by atoms with E-state index in [1.165, 1.54) is 0 Å². The molecule has 1 aliphatic heterocycles. The van der Waals surface area contributed by atoms with Gasteiger partial charge in [-0.2, -0.15) is 0 Å². The maximum absolute atomic E-state index is 12.5. The standard InChI is InChI=1S/C16H26N2O2S.ClH/c1-12-6-7-14(13(2)10-12)21(19,20)18-11-15-16(3,4)8-5-9-17-15;/h6-7,10,15,17-18H,5,8-9,11H2,1-4H3;1H. The summed E-state index contributed by atoms with van der Waals surface area (Å²) in [6.45, 7) is 9.57. The van der Waals surface area contributed by atoms with E-state index in [0.717, 1.165) is 30.5 Å². The molecule has 4 nitrogen and oxygen atoms in total. The Labute approximate surface area is 140 Å². The molecular weight excluding hydrogens is 320 g/mol. The molecule has 0 saturated carbocycles. The van der Waals surface area contributed by atoms with E-state index in [9.17, 15) is 8.42 Å². The first kappa shape index (κ1) is 19.4. The number of benzene rings is 1. The van der Waals surface area contributed by atoms with Crippen molar-refractivity contribution in [1.82, 2.24) is 10.0 Å². The largest absolute Gasteiger partial charge is 0.312 e. The van der Waals surface area contributed by atoms with Crippen molar-refractivity contribution in [2.75, 3.05) is 13.1 Å². The van der Waals surface area contributed by atoms with Crippen LogP contribution in [0.25, 0.3) is 0 Å². The highest BCUT2D eigenvalue weighted by molar-refractivity contribution is 7.89. The molecule has 1 unspecified atom stereocenters. The first-order valence-electron chi connectivity index (χ1n) is 7.53. The Bertz CT molecular complexity index is 615. The van der Waals surface area contributed by atoms with Crippen molar-refractivity contribution in [3.8, 4) is 0 Å². The predicted molar refractivity (Wildman–Crippen MR) is 93.2 cm³/mol. The van der Waals surface area contributed by atoms with E-state index in [4.69, 9.17) is 0 Å². The van der Waals surface area contributed by atoms with Crippen molar-refractivity contribution in [3.63, 3.8) is 0 Å². The van der Waals surface area contributed by atoms with E-state index in [-0.39, 0.29) is 23.9 Å². The van der Waals surface area contributed by atoms with Crippen LogP contribution in [0.3, 0.4) is 0 Å². The van der Waals surface area contributed by atoms with E-state index in [1.807, 2.05) is 26.0 Å². The summed E-state index contributed by atoms with van der Waals surface area (Å²) in [7, 11) is -3.45. The molecule has 1 fully saturated rings. The number of aryl methyl sites for hydroxylation is 2. The molecule has 6 heteroatoms. The smallest absolute Gasteiger partial charge is 0.240 e. The van der Waals surface area contributed by atoms with E-state index < -0.39 is 10.0 Å². The van der Waals surface area contributed by atoms with Crippen LogP contribution >= 0.6 is 12.4 Å². The Morgan fingerprint density at radius 1 is 1.32 bits per heavy atom. The van der Waals surface area contributed by atoms with Gasteiger partial charge in [-0.05, 0) is 50.3 Å². The van der Waals surface area contributed by atoms with Crippen LogP contribution in [0.2, 0.25) is 0 Å². The molecule has 0 amide bonds. The monoisotopic (exact) mass is 346 g/mol. The van der Waals surface area contributed by atoms with Crippen LogP contribution in [0.5, 0.6) is 0 Å². The second-order valence-corrected chi connectivity index (χ2v) is 8.46. The summed E-state index contributed by atoms with van der Waals surface area (Å²) >= 11 is 0. The van der Waals surface area contributed by atoms with Gasteiger partial charge in [-0.25, -0.2) is 13.1 Å². The Hall–Kier alpha value is -0.620. The lowest BCUT2D eigenvalue weighted by Gasteiger charge is -2.39. The van der Waals surface area contributed by atoms with Crippen molar-refractivity contribution in [1.29, 1.82) is 0 Å². The third-order valence-electron chi connectivity index (χ3n) is 4.43. The van der Waals surface area contributed by atoms with Crippen LogP contribution in [-0.4, -0.2) is 27.5 Å². The van der Waals surface area contributed by atoms with Gasteiger partial charge in [-0.3, -0.25) is 0 Å². The topological polar surface area (TPSA) is 58.2 Å². The minimum atomic E-state index is -3.45. The van der Waals surface area contributed by atoms with E-state index >= 15 is 0 Å². The van der Waals surface area contributed by atoms with E-state index in [2.05, 4.69) is 23.9 Å². The molecular formula is C16H27ClN2O2S. The number of sulfonamides is 1. The highest BCUT2D eigenvalue weighted by atomic mass is 35.5. The van der Waals surface area contributed by atoms with Gasteiger partial charge in [0.15, 0.2) is 0 Å². The molecule has 0 aliphatic carbocycles. The summed E-state index contributed by atoms with van der Waals surface area (Å²) in [5.74, 6) is 0. The van der Waals surface area contributed by atoms with Crippen molar-refractivity contribution >= 4 is 22.4 Å². The van der Waals surface area contributed by atoms with Crippen LogP contribution in [-0.2, 0) is 10.0 Å². The molecule has 126 valence electrons. The van der Waals surface area contributed by atoms with Gasteiger partial charge in [0.2, 0.25) is 10.0 Å². The molecule has 0 aromatic heterocycles. The van der Waals surface area contributed by atoms with Crippen LogP contribution in [0.15, 0.2) is 23.1 Å². The van der Waals surface area contributed by atoms with Gasteiger partial charge < -0.3 is 5.32 Å². The molecule has 22 heavy (non-hydrogen) atoms. The average molecular weight is 347 g/mol. The predicted octanol–water partition coefficient (Wildman–Crippen LogP) is 2.78. The average Bonchev–Trinajstić information content (AvgIpc) is 2.36. The third-order valence-corrected chi connectivity index (χ3v) is 6.01. The van der Waals surface area contributed by atoms with Crippen LogP contribution in [0.4, 0.5) is 0 Å². The van der Waals surface area contributed by atoms with Gasteiger partial charge in [-0.15, -0.1) is 12.4 Å². The summed E-state index contributed by atoms with van der Waals surface area (Å²) in [4.78, 5) is 0.377. The summed E-state index contributed by atoms with van der Waals surface area (Å²) in [5.41, 5.74) is 1.98. The molecule has 0 spiro atoms. The second kappa shape index (κ2) is 7.30. The lowest BCUT2D eigenvalue weighted by atomic mass is 9.78. The third kappa shape index (κ3) is 4.44. The normalized spacial score (nSPS) is 21.2. The second-order valence-electron chi connectivity index (χ2n) is 6.72.